The lowest BCUT2D eigenvalue weighted by Gasteiger charge is -2.30. The molecule has 2 N–H and O–H groups in total. The van der Waals surface area contributed by atoms with Gasteiger partial charge in [0.15, 0.2) is 17.5 Å². The van der Waals surface area contributed by atoms with E-state index in [1.807, 2.05) is 18.2 Å². The SMILES string of the molecule is CCNC(=NCC1CCN(Cc2csc(CC)n2)CC1)Nc1ccc(OC)c(OC)c1. The fourth-order valence-corrected chi connectivity index (χ4v) is 4.45. The molecule has 31 heavy (non-hydrogen) atoms. The Morgan fingerprint density at radius 1 is 1.19 bits per heavy atom. The molecule has 1 saturated heterocycles. The quantitative estimate of drug-likeness (QED) is 0.449. The van der Waals surface area contributed by atoms with Crippen molar-refractivity contribution >= 4 is 23.0 Å². The van der Waals surface area contributed by atoms with Crippen molar-refractivity contribution in [3.05, 3.63) is 34.3 Å². The van der Waals surface area contributed by atoms with Crippen LogP contribution in [-0.4, -0.2) is 56.2 Å². The number of methoxy groups -OCH3 is 2. The molecule has 3 rings (SSSR count). The van der Waals surface area contributed by atoms with Gasteiger partial charge in [-0.05, 0) is 57.3 Å². The van der Waals surface area contributed by atoms with E-state index >= 15 is 0 Å². The Kier molecular flexibility index (Phi) is 8.97. The Balaban J connectivity index is 1.51. The highest BCUT2D eigenvalue weighted by Gasteiger charge is 2.20. The number of anilines is 1. The normalized spacial score (nSPS) is 15.7. The summed E-state index contributed by atoms with van der Waals surface area (Å²) in [6.07, 6.45) is 3.37. The predicted octanol–water partition coefficient (Wildman–Crippen LogP) is 4.01. The number of aliphatic imine (C=N–C) groups is 1. The van der Waals surface area contributed by atoms with Crippen LogP contribution in [0.1, 0.15) is 37.4 Å². The summed E-state index contributed by atoms with van der Waals surface area (Å²) in [4.78, 5) is 12.1. The number of piperidine rings is 1. The summed E-state index contributed by atoms with van der Waals surface area (Å²) in [6.45, 7) is 9.06. The number of ether oxygens (including phenoxy) is 2. The van der Waals surface area contributed by atoms with Crippen molar-refractivity contribution in [1.29, 1.82) is 0 Å². The summed E-state index contributed by atoms with van der Waals surface area (Å²) >= 11 is 1.78. The van der Waals surface area contributed by atoms with Gasteiger partial charge in [0.1, 0.15) is 0 Å². The van der Waals surface area contributed by atoms with E-state index in [1.54, 1.807) is 25.6 Å². The number of nitrogens with zero attached hydrogens (tertiary/aromatic N) is 3. The van der Waals surface area contributed by atoms with Crippen molar-refractivity contribution in [2.45, 2.75) is 39.7 Å². The second-order valence-corrected chi connectivity index (χ2v) is 8.66. The molecule has 0 unspecified atom stereocenters. The lowest BCUT2D eigenvalue weighted by Crippen LogP contribution is -2.35. The largest absolute Gasteiger partial charge is 0.493 e. The highest BCUT2D eigenvalue weighted by Crippen LogP contribution is 2.29. The highest BCUT2D eigenvalue weighted by atomic mass is 32.1. The minimum absolute atomic E-state index is 0.610. The third kappa shape index (κ3) is 6.83. The molecule has 1 aromatic heterocycles. The lowest BCUT2D eigenvalue weighted by atomic mass is 9.97. The van der Waals surface area contributed by atoms with Crippen molar-refractivity contribution in [3.8, 4) is 11.5 Å². The maximum Gasteiger partial charge on any atom is 0.195 e. The zero-order chi connectivity index (χ0) is 22.1. The molecule has 2 heterocycles. The molecule has 7 nitrogen and oxygen atoms in total. The molecule has 1 aliphatic heterocycles. The van der Waals surface area contributed by atoms with Gasteiger partial charge in [0.25, 0.3) is 0 Å². The summed E-state index contributed by atoms with van der Waals surface area (Å²) in [7, 11) is 3.28. The summed E-state index contributed by atoms with van der Waals surface area (Å²) < 4.78 is 10.7. The summed E-state index contributed by atoms with van der Waals surface area (Å²) in [5.74, 6) is 2.82. The number of guanidine groups is 1. The van der Waals surface area contributed by atoms with Crippen LogP contribution in [0.5, 0.6) is 11.5 Å². The Hall–Kier alpha value is -2.32. The van der Waals surface area contributed by atoms with E-state index in [4.69, 9.17) is 19.5 Å². The molecule has 0 bridgehead atoms. The van der Waals surface area contributed by atoms with Crippen LogP contribution in [0.2, 0.25) is 0 Å². The fraction of sp³-hybridized carbons (Fsp3) is 0.565. The number of nitrogens with one attached hydrogen (secondary N) is 2. The summed E-state index contributed by atoms with van der Waals surface area (Å²) in [5.41, 5.74) is 2.13. The van der Waals surface area contributed by atoms with Crippen LogP contribution in [0.15, 0.2) is 28.6 Å². The maximum atomic E-state index is 5.40. The number of aromatic nitrogens is 1. The maximum absolute atomic E-state index is 5.40. The third-order valence-electron chi connectivity index (χ3n) is 5.49. The zero-order valence-corrected chi connectivity index (χ0v) is 19.9. The molecule has 170 valence electrons. The molecule has 0 atom stereocenters. The second kappa shape index (κ2) is 11.9. The Morgan fingerprint density at radius 3 is 2.61 bits per heavy atom. The molecule has 0 saturated carbocycles. The van der Waals surface area contributed by atoms with E-state index in [0.717, 1.165) is 50.8 Å². The minimum Gasteiger partial charge on any atom is -0.493 e. The number of hydrogen-bond donors (Lipinski definition) is 2. The first-order chi connectivity index (χ1) is 15.1. The monoisotopic (exact) mass is 445 g/mol. The van der Waals surface area contributed by atoms with E-state index in [-0.39, 0.29) is 0 Å². The average Bonchev–Trinajstić information content (AvgIpc) is 3.26. The van der Waals surface area contributed by atoms with Crippen LogP contribution in [0.3, 0.4) is 0 Å². The van der Waals surface area contributed by atoms with Crippen molar-refractivity contribution < 1.29 is 9.47 Å². The number of aryl methyl sites for hydroxylation is 1. The Labute approximate surface area is 189 Å². The van der Waals surface area contributed by atoms with E-state index in [0.29, 0.717) is 17.4 Å². The van der Waals surface area contributed by atoms with Gasteiger partial charge in [-0.25, -0.2) is 4.98 Å². The first-order valence-electron chi connectivity index (χ1n) is 11.1. The Bertz CT molecular complexity index is 846. The van der Waals surface area contributed by atoms with Gasteiger partial charge in [0, 0.05) is 36.8 Å². The summed E-state index contributed by atoms with van der Waals surface area (Å²) in [5, 5.41) is 10.2. The second-order valence-electron chi connectivity index (χ2n) is 7.72. The molecular formula is C23H35N5O2S. The molecule has 2 aromatic rings. The third-order valence-corrected chi connectivity index (χ3v) is 6.53. The standard InChI is InChI=1S/C23H35N5O2S/c1-5-22-26-19(16-31-22)15-28-11-9-17(10-12-28)14-25-23(24-6-2)27-18-7-8-20(29-3)21(13-18)30-4/h7-8,13,16-17H,5-6,9-12,14-15H2,1-4H3,(H2,24,25,27). The molecule has 0 aliphatic carbocycles. The van der Waals surface area contributed by atoms with E-state index in [1.165, 1.54) is 23.5 Å². The zero-order valence-electron chi connectivity index (χ0n) is 19.1. The van der Waals surface area contributed by atoms with Gasteiger partial charge < -0.3 is 20.1 Å². The molecule has 0 amide bonds. The van der Waals surface area contributed by atoms with Crippen LogP contribution < -0.4 is 20.1 Å². The molecule has 1 fully saturated rings. The van der Waals surface area contributed by atoms with Crippen LogP contribution in [0.4, 0.5) is 5.69 Å². The molecule has 1 aliphatic rings. The predicted molar refractivity (Wildman–Crippen MR) is 129 cm³/mol. The average molecular weight is 446 g/mol. The molecule has 1 aromatic carbocycles. The highest BCUT2D eigenvalue weighted by molar-refractivity contribution is 7.09. The van der Waals surface area contributed by atoms with Gasteiger partial charge in [-0.2, -0.15) is 0 Å². The van der Waals surface area contributed by atoms with Crippen LogP contribution >= 0.6 is 11.3 Å². The number of rotatable bonds is 9. The van der Waals surface area contributed by atoms with Gasteiger partial charge in [0.05, 0.1) is 24.9 Å². The van der Waals surface area contributed by atoms with Gasteiger partial charge in [-0.1, -0.05) is 6.92 Å². The molecule has 8 heteroatoms. The molecule has 0 radical (unpaired) electrons. The molecular weight excluding hydrogens is 410 g/mol. The van der Waals surface area contributed by atoms with Gasteiger partial charge in [-0.15, -0.1) is 11.3 Å². The van der Waals surface area contributed by atoms with Crippen LogP contribution in [0, 0.1) is 5.92 Å². The van der Waals surface area contributed by atoms with E-state index < -0.39 is 0 Å². The molecule has 0 spiro atoms. The number of hydrogen-bond acceptors (Lipinski definition) is 6. The topological polar surface area (TPSA) is 71.0 Å². The number of thiazole rings is 1. The fourth-order valence-electron chi connectivity index (χ4n) is 3.72. The minimum atomic E-state index is 0.610. The van der Waals surface area contributed by atoms with E-state index in [9.17, 15) is 0 Å². The van der Waals surface area contributed by atoms with Crippen molar-refractivity contribution in [2.24, 2.45) is 10.9 Å². The van der Waals surface area contributed by atoms with Crippen LogP contribution in [0.25, 0.3) is 0 Å². The van der Waals surface area contributed by atoms with Crippen molar-refractivity contribution in [1.82, 2.24) is 15.2 Å². The van der Waals surface area contributed by atoms with Gasteiger partial charge in [-0.3, -0.25) is 9.89 Å². The van der Waals surface area contributed by atoms with Crippen molar-refractivity contribution in [3.63, 3.8) is 0 Å². The van der Waals surface area contributed by atoms with Gasteiger partial charge >= 0.3 is 0 Å². The number of benzene rings is 1. The number of likely N-dealkylation sites (tertiary alicyclic amines) is 1. The van der Waals surface area contributed by atoms with Crippen LogP contribution in [-0.2, 0) is 13.0 Å². The smallest absolute Gasteiger partial charge is 0.195 e. The first kappa shape index (κ1) is 23.3. The Morgan fingerprint density at radius 2 is 1.97 bits per heavy atom. The lowest BCUT2D eigenvalue weighted by molar-refractivity contribution is 0.179. The van der Waals surface area contributed by atoms with Crippen molar-refractivity contribution in [2.75, 3.05) is 45.7 Å². The van der Waals surface area contributed by atoms with E-state index in [2.05, 4.69) is 34.8 Å². The summed E-state index contributed by atoms with van der Waals surface area (Å²) in [6, 6.07) is 5.79. The first-order valence-corrected chi connectivity index (χ1v) is 12.0. The van der Waals surface area contributed by atoms with Gasteiger partial charge in [0.2, 0.25) is 0 Å².